The Hall–Kier alpha value is -0.220. The molecule has 7 nitrogen and oxygen atoms in total. The molecule has 0 fully saturated rings. The highest BCUT2D eigenvalue weighted by molar-refractivity contribution is 7.90. The Kier molecular flexibility index (Phi) is 7.45. The highest BCUT2D eigenvalue weighted by Gasteiger charge is 2.23. The number of nitrogens with two attached hydrogens (primary N) is 1. The van der Waals surface area contributed by atoms with Crippen molar-refractivity contribution >= 4 is 20.0 Å². The van der Waals surface area contributed by atoms with Crippen LogP contribution in [0.4, 0.5) is 0 Å². The monoisotopic (exact) mass is 315 g/mol. The number of hydrogen-bond acceptors (Lipinski definition) is 5. The summed E-state index contributed by atoms with van der Waals surface area (Å²) >= 11 is 0. The first-order chi connectivity index (χ1) is 8.60. The van der Waals surface area contributed by atoms with E-state index in [-0.39, 0.29) is 24.6 Å². The Morgan fingerprint density at radius 3 is 1.89 bits per heavy atom. The maximum Gasteiger partial charge on any atom is 0.212 e. The van der Waals surface area contributed by atoms with Crippen LogP contribution in [0.15, 0.2) is 0 Å². The lowest BCUT2D eigenvalue weighted by molar-refractivity contribution is 0.392. The lowest BCUT2D eigenvalue weighted by atomic mass is 9.95. The van der Waals surface area contributed by atoms with Gasteiger partial charge < -0.3 is 5.73 Å². The van der Waals surface area contributed by atoms with Crippen LogP contribution in [0.25, 0.3) is 0 Å². The second kappa shape index (κ2) is 7.53. The van der Waals surface area contributed by atoms with Crippen molar-refractivity contribution in [2.45, 2.75) is 39.2 Å². The normalized spacial score (nSPS) is 13.7. The van der Waals surface area contributed by atoms with E-state index in [4.69, 9.17) is 5.73 Å². The molecule has 0 rings (SSSR count). The fourth-order valence-corrected chi connectivity index (χ4v) is 3.03. The summed E-state index contributed by atoms with van der Waals surface area (Å²) in [6, 6.07) is 0. The topological polar surface area (TPSA) is 118 Å². The first-order valence-corrected chi connectivity index (χ1v) is 9.63. The van der Waals surface area contributed by atoms with Crippen molar-refractivity contribution in [1.29, 1.82) is 0 Å². The molecule has 116 valence electrons. The van der Waals surface area contributed by atoms with Crippen molar-refractivity contribution in [3.8, 4) is 0 Å². The van der Waals surface area contributed by atoms with E-state index in [9.17, 15) is 16.8 Å². The molecule has 0 heterocycles. The first-order valence-electron chi connectivity index (χ1n) is 6.33. The Morgan fingerprint density at radius 2 is 1.47 bits per heavy atom. The third kappa shape index (κ3) is 7.83. The molecule has 0 saturated carbocycles. The van der Waals surface area contributed by atoms with E-state index in [1.54, 1.807) is 0 Å². The standard InChI is InChI=1S/C10H25N3O4S2/c1-4-10(11,5-2)9-13-19(16,17)8-7-12-18(14,15)6-3/h12-13H,4-9,11H2,1-3H3. The Bertz CT molecular complexity index is 455. The van der Waals surface area contributed by atoms with E-state index in [1.807, 2.05) is 13.8 Å². The highest BCUT2D eigenvalue weighted by atomic mass is 32.2. The van der Waals surface area contributed by atoms with Crippen molar-refractivity contribution in [3.63, 3.8) is 0 Å². The predicted octanol–water partition coefficient (Wildman–Crippen LogP) is -0.637. The largest absolute Gasteiger partial charge is 0.324 e. The van der Waals surface area contributed by atoms with Gasteiger partial charge >= 0.3 is 0 Å². The van der Waals surface area contributed by atoms with E-state index in [2.05, 4.69) is 9.44 Å². The third-order valence-electron chi connectivity index (χ3n) is 3.13. The van der Waals surface area contributed by atoms with Crippen LogP contribution in [0.5, 0.6) is 0 Å². The van der Waals surface area contributed by atoms with Crippen LogP contribution in [0.3, 0.4) is 0 Å². The fraction of sp³-hybridized carbons (Fsp3) is 1.00. The molecule has 0 aliphatic rings. The molecule has 19 heavy (non-hydrogen) atoms. The van der Waals surface area contributed by atoms with Gasteiger partial charge in [-0.05, 0) is 19.8 Å². The highest BCUT2D eigenvalue weighted by Crippen LogP contribution is 2.09. The van der Waals surface area contributed by atoms with Gasteiger partial charge in [-0.3, -0.25) is 0 Å². The summed E-state index contributed by atoms with van der Waals surface area (Å²) in [5, 5.41) is 0. The molecule has 0 aromatic rings. The Labute approximate surface area is 116 Å². The van der Waals surface area contributed by atoms with E-state index in [0.717, 1.165) is 0 Å². The minimum absolute atomic E-state index is 0.0714. The Balaban J connectivity index is 4.28. The smallest absolute Gasteiger partial charge is 0.212 e. The molecule has 9 heteroatoms. The zero-order valence-electron chi connectivity index (χ0n) is 11.8. The van der Waals surface area contributed by atoms with Crippen LogP contribution in [-0.4, -0.2) is 47.0 Å². The fourth-order valence-electron chi connectivity index (χ4n) is 1.26. The Morgan fingerprint density at radius 1 is 0.947 bits per heavy atom. The van der Waals surface area contributed by atoms with Crippen molar-refractivity contribution in [1.82, 2.24) is 9.44 Å². The van der Waals surface area contributed by atoms with Crippen molar-refractivity contribution in [2.24, 2.45) is 5.73 Å². The van der Waals surface area contributed by atoms with Gasteiger partial charge in [-0.1, -0.05) is 13.8 Å². The minimum Gasteiger partial charge on any atom is -0.324 e. The molecule has 0 amide bonds. The summed E-state index contributed by atoms with van der Waals surface area (Å²) in [7, 11) is -6.88. The van der Waals surface area contributed by atoms with Crippen LogP contribution in [0, 0.1) is 0 Å². The zero-order valence-corrected chi connectivity index (χ0v) is 13.4. The summed E-state index contributed by atoms with van der Waals surface area (Å²) < 4.78 is 50.3. The molecule has 0 radical (unpaired) electrons. The third-order valence-corrected chi connectivity index (χ3v) is 5.85. The lowest BCUT2D eigenvalue weighted by Crippen LogP contribution is -2.50. The van der Waals surface area contributed by atoms with Gasteiger partial charge in [0.1, 0.15) is 0 Å². The predicted molar refractivity (Wildman–Crippen MR) is 76.8 cm³/mol. The molecule has 0 aliphatic carbocycles. The maximum atomic E-state index is 11.7. The van der Waals surface area contributed by atoms with E-state index in [1.165, 1.54) is 6.92 Å². The second-order valence-corrected chi connectivity index (χ2v) is 8.53. The molecule has 0 aliphatic heterocycles. The van der Waals surface area contributed by atoms with Gasteiger partial charge in [0.05, 0.1) is 11.5 Å². The summed E-state index contributed by atoms with van der Waals surface area (Å²) in [4.78, 5) is 0. The van der Waals surface area contributed by atoms with E-state index in [0.29, 0.717) is 12.8 Å². The summed E-state index contributed by atoms with van der Waals surface area (Å²) in [5.74, 6) is -0.367. The van der Waals surface area contributed by atoms with Crippen molar-refractivity contribution in [2.75, 3.05) is 24.6 Å². The van der Waals surface area contributed by atoms with Crippen LogP contribution in [0.2, 0.25) is 0 Å². The number of nitrogens with one attached hydrogen (secondary N) is 2. The van der Waals surface area contributed by atoms with E-state index >= 15 is 0 Å². The molecule has 4 N–H and O–H groups in total. The van der Waals surface area contributed by atoms with Crippen LogP contribution in [0.1, 0.15) is 33.6 Å². The summed E-state index contributed by atoms with van der Waals surface area (Å²) in [6.07, 6.45) is 1.32. The first kappa shape index (κ1) is 18.8. The molecule has 0 bridgehead atoms. The summed E-state index contributed by atoms with van der Waals surface area (Å²) in [5.41, 5.74) is 5.43. The van der Waals surface area contributed by atoms with Crippen molar-refractivity contribution in [3.05, 3.63) is 0 Å². The van der Waals surface area contributed by atoms with Crippen molar-refractivity contribution < 1.29 is 16.8 Å². The second-order valence-electron chi connectivity index (χ2n) is 4.51. The number of sulfonamides is 2. The van der Waals surface area contributed by atoms with Gasteiger partial charge in [-0.2, -0.15) is 0 Å². The lowest BCUT2D eigenvalue weighted by Gasteiger charge is -2.26. The molecular weight excluding hydrogens is 290 g/mol. The SMILES string of the molecule is CCC(N)(CC)CNS(=O)(=O)CCNS(=O)(=O)CC. The van der Waals surface area contributed by atoms with Gasteiger partial charge in [-0.15, -0.1) is 0 Å². The van der Waals surface area contributed by atoms with Crippen LogP contribution >= 0.6 is 0 Å². The van der Waals surface area contributed by atoms with E-state index < -0.39 is 25.6 Å². The molecule has 0 spiro atoms. The van der Waals surface area contributed by atoms with Gasteiger partial charge in [0.2, 0.25) is 20.0 Å². The van der Waals surface area contributed by atoms with Gasteiger partial charge in [0.15, 0.2) is 0 Å². The number of hydrogen-bond donors (Lipinski definition) is 3. The van der Waals surface area contributed by atoms with Gasteiger partial charge in [0.25, 0.3) is 0 Å². The minimum atomic E-state index is -3.52. The number of rotatable bonds is 10. The molecular formula is C10H25N3O4S2. The van der Waals surface area contributed by atoms with Gasteiger partial charge in [0, 0.05) is 18.6 Å². The molecule has 0 atom stereocenters. The molecule has 0 unspecified atom stereocenters. The maximum absolute atomic E-state index is 11.7. The van der Waals surface area contributed by atoms with Crippen LogP contribution in [-0.2, 0) is 20.0 Å². The molecule has 0 aromatic heterocycles. The molecule has 0 aromatic carbocycles. The van der Waals surface area contributed by atoms with Gasteiger partial charge in [-0.25, -0.2) is 26.3 Å². The summed E-state index contributed by atoms with van der Waals surface area (Å²) in [6.45, 7) is 5.30. The average molecular weight is 315 g/mol. The van der Waals surface area contributed by atoms with Crippen LogP contribution < -0.4 is 15.2 Å². The quantitative estimate of drug-likeness (QED) is 0.495. The molecule has 0 saturated heterocycles. The average Bonchev–Trinajstić information content (AvgIpc) is 2.35. The zero-order chi connectivity index (χ0) is 15.2.